The molecule has 0 saturated carbocycles. The van der Waals surface area contributed by atoms with Gasteiger partial charge in [0.2, 0.25) is 5.91 Å². The van der Waals surface area contributed by atoms with E-state index in [1.54, 1.807) is 0 Å². The molecule has 5 N–H and O–H groups in total. The highest BCUT2D eigenvalue weighted by atomic mass is 79.9. The van der Waals surface area contributed by atoms with Gasteiger partial charge in [0, 0.05) is 43.5 Å². The summed E-state index contributed by atoms with van der Waals surface area (Å²) in [6.45, 7) is 15.5. The zero-order valence-corrected chi connectivity index (χ0v) is 19.5. The Morgan fingerprint density at radius 2 is 1.93 bits per heavy atom. The zero-order valence-electron chi connectivity index (χ0n) is 17.1. The number of hydrogen-bond acceptors (Lipinski definition) is 5. The van der Waals surface area contributed by atoms with Crippen molar-refractivity contribution < 1.29 is 13.7 Å². The summed E-state index contributed by atoms with van der Waals surface area (Å²) >= 11 is 3.11. The smallest absolute Gasteiger partial charge is 0.237 e. The van der Waals surface area contributed by atoms with Crippen LogP contribution in [0.2, 0.25) is 0 Å². The predicted molar refractivity (Wildman–Crippen MR) is 119 cm³/mol. The van der Waals surface area contributed by atoms with Crippen LogP contribution in [0.1, 0.15) is 40.5 Å². The first kappa shape index (κ1) is 28.5. The Kier molecular flexibility index (Phi) is 18.3. The van der Waals surface area contributed by atoms with Gasteiger partial charge in [-0.15, -0.1) is 6.58 Å². The number of carbonyl (C=O) groups is 1. The minimum absolute atomic E-state index is 0.409. The molecule has 1 amide bonds. The summed E-state index contributed by atoms with van der Waals surface area (Å²) in [5, 5.41) is 0. The number of rotatable bonds is 9. The Hall–Kier alpha value is -0.740. The maximum absolute atomic E-state index is 12.4. The second-order valence-electron chi connectivity index (χ2n) is 5.57. The lowest BCUT2D eigenvalue weighted by atomic mass is 9.98. The Bertz CT molecular complexity index is 466. The fourth-order valence-corrected chi connectivity index (χ4v) is 3.49. The third-order valence-electron chi connectivity index (χ3n) is 3.83. The van der Waals surface area contributed by atoms with Crippen molar-refractivity contribution in [2.24, 2.45) is 11.5 Å². The molecule has 0 aliphatic carbocycles. The molecule has 1 saturated heterocycles. The monoisotopic (exact) mass is 468 g/mol. The standard InChI is InChI=1S/C13H25N3O3S.C3H6BrN.C2H6/c1-3-8-16(4-2)9-7-15-20(18)13(12(14)17)5-10-19-11-6-13;1-3(4)2-5;1-2/h3,15H,1,4-11H2,2H3,(H2,14,17);2H,5H2,1H3;1-2H3/b;3-2+;. The van der Waals surface area contributed by atoms with Gasteiger partial charge in [0.1, 0.15) is 15.7 Å². The summed E-state index contributed by atoms with van der Waals surface area (Å²) in [5.41, 5.74) is 10.4. The molecule has 1 atom stereocenters. The third-order valence-corrected chi connectivity index (χ3v) is 5.88. The van der Waals surface area contributed by atoms with E-state index in [9.17, 15) is 9.00 Å². The fraction of sp³-hybridized carbons (Fsp3) is 0.722. The molecule has 160 valence electrons. The second kappa shape index (κ2) is 17.4. The van der Waals surface area contributed by atoms with Gasteiger partial charge in [-0.25, -0.2) is 8.93 Å². The Morgan fingerprint density at radius 3 is 2.30 bits per heavy atom. The molecule has 1 aliphatic rings. The van der Waals surface area contributed by atoms with E-state index < -0.39 is 21.6 Å². The number of primary amides is 1. The highest BCUT2D eigenvalue weighted by Crippen LogP contribution is 2.26. The van der Waals surface area contributed by atoms with Crippen molar-refractivity contribution >= 4 is 32.8 Å². The van der Waals surface area contributed by atoms with Gasteiger partial charge in [0.05, 0.1) is 0 Å². The quantitative estimate of drug-likeness (QED) is 0.448. The largest absolute Gasteiger partial charge is 0.404 e. The molecular weight excluding hydrogens is 432 g/mol. The lowest BCUT2D eigenvalue weighted by Crippen LogP contribution is -2.55. The number of nitrogens with one attached hydrogen (secondary N) is 1. The molecule has 0 radical (unpaired) electrons. The summed E-state index contributed by atoms with van der Waals surface area (Å²) in [6, 6.07) is 0. The molecule has 1 aliphatic heterocycles. The van der Waals surface area contributed by atoms with Gasteiger partial charge in [0.25, 0.3) is 0 Å². The molecule has 1 rings (SSSR count). The topological polar surface area (TPSA) is 111 Å². The number of ether oxygens (including phenoxy) is 1. The third kappa shape index (κ3) is 11.6. The van der Waals surface area contributed by atoms with E-state index in [4.69, 9.17) is 16.2 Å². The number of allylic oxidation sites excluding steroid dienone is 1. The highest BCUT2D eigenvalue weighted by molar-refractivity contribution is 9.11. The second-order valence-corrected chi connectivity index (χ2v) is 8.43. The van der Waals surface area contributed by atoms with Gasteiger partial charge in [0.15, 0.2) is 0 Å². The van der Waals surface area contributed by atoms with Crippen molar-refractivity contribution in [3.8, 4) is 0 Å². The first-order valence-corrected chi connectivity index (χ1v) is 11.2. The lowest BCUT2D eigenvalue weighted by molar-refractivity contribution is -0.122. The van der Waals surface area contributed by atoms with Crippen molar-refractivity contribution in [3.63, 3.8) is 0 Å². The van der Waals surface area contributed by atoms with Crippen LogP contribution >= 0.6 is 15.9 Å². The van der Waals surface area contributed by atoms with Gasteiger partial charge < -0.3 is 16.2 Å². The highest BCUT2D eigenvalue weighted by Gasteiger charge is 2.44. The molecule has 7 nitrogen and oxygen atoms in total. The number of nitrogens with zero attached hydrogens (tertiary/aromatic N) is 1. The van der Waals surface area contributed by atoms with E-state index in [0.717, 1.165) is 24.1 Å². The number of carbonyl (C=O) groups excluding carboxylic acids is 1. The maximum atomic E-state index is 12.4. The normalized spacial score (nSPS) is 17.0. The van der Waals surface area contributed by atoms with Gasteiger partial charge in [-0.2, -0.15) is 0 Å². The molecule has 0 aromatic rings. The van der Waals surface area contributed by atoms with Crippen LogP contribution in [0.15, 0.2) is 23.3 Å². The molecular formula is C18H37BrN4O3S. The van der Waals surface area contributed by atoms with Crippen LogP contribution in [-0.4, -0.2) is 59.2 Å². The molecule has 0 spiro atoms. The maximum Gasteiger partial charge on any atom is 0.237 e. The summed E-state index contributed by atoms with van der Waals surface area (Å²) in [6.07, 6.45) is 4.15. The first-order valence-electron chi connectivity index (χ1n) is 9.24. The molecule has 9 heteroatoms. The van der Waals surface area contributed by atoms with E-state index in [1.807, 2.05) is 26.8 Å². The van der Waals surface area contributed by atoms with Crippen LogP contribution < -0.4 is 16.2 Å². The number of halogens is 1. The van der Waals surface area contributed by atoms with Gasteiger partial charge >= 0.3 is 0 Å². The minimum atomic E-state index is -1.47. The number of nitrogens with two attached hydrogens (primary N) is 2. The molecule has 1 unspecified atom stereocenters. The van der Waals surface area contributed by atoms with Crippen molar-refractivity contribution in [2.75, 3.05) is 39.4 Å². The van der Waals surface area contributed by atoms with E-state index in [-0.39, 0.29) is 0 Å². The van der Waals surface area contributed by atoms with Crippen molar-refractivity contribution in [1.29, 1.82) is 0 Å². The zero-order chi connectivity index (χ0) is 21.3. The van der Waals surface area contributed by atoms with Gasteiger partial charge in [-0.3, -0.25) is 9.69 Å². The van der Waals surface area contributed by atoms with E-state index in [0.29, 0.717) is 32.6 Å². The van der Waals surface area contributed by atoms with Crippen molar-refractivity contribution in [3.05, 3.63) is 23.3 Å². The SMILES string of the molecule is C/C(Br)=C\N.C=CCN(CC)CCNS(=O)C1(C(N)=O)CCOCC1.CC. The number of likely N-dealkylation sites (N-methyl/N-ethyl adjacent to an activating group) is 1. The van der Waals surface area contributed by atoms with Crippen LogP contribution in [-0.2, 0) is 20.5 Å². The average molecular weight is 469 g/mol. The first-order chi connectivity index (χ1) is 12.8. The number of hydrogen-bond donors (Lipinski definition) is 3. The summed E-state index contributed by atoms with van der Waals surface area (Å²) in [5.74, 6) is -0.509. The summed E-state index contributed by atoms with van der Waals surface area (Å²) < 4.78 is 20.5. The predicted octanol–water partition coefficient (Wildman–Crippen LogP) is 2.01. The van der Waals surface area contributed by atoms with Gasteiger partial charge in [-0.05, 0) is 26.3 Å². The Balaban J connectivity index is 0. The van der Waals surface area contributed by atoms with Crippen LogP contribution in [0, 0.1) is 0 Å². The van der Waals surface area contributed by atoms with Crippen LogP contribution in [0.25, 0.3) is 0 Å². The Labute approximate surface area is 175 Å². The molecule has 27 heavy (non-hydrogen) atoms. The molecule has 1 heterocycles. The molecule has 0 aromatic carbocycles. The minimum Gasteiger partial charge on any atom is -0.404 e. The summed E-state index contributed by atoms with van der Waals surface area (Å²) in [7, 11) is -1.47. The van der Waals surface area contributed by atoms with Crippen LogP contribution in [0.5, 0.6) is 0 Å². The van der Waals surface area contributed by atoms with Crippen LogP contribution in [0.4, 0.5) is 0 Å². The Morgan fingerprint density at radius 1 is 1.41 bits per heavy atom. The fourth-order valence-electron chi connectivity index (χ4n) is 2.22. The van der Waals surface area contributed by atoms with E-state index in [2.05, 4.69) is 39.1 Å². The van der Waals surface area contributed by atoms with Crippen molar-refractivity contribution in [2.45, 2.75) is 45.3 Å². The number of amides is 1. The molecule has 1 fully saturated rings. The van der Waals surface area contributed by atoms with Gasteiger partial charge in [-0.1, -0.05) is 42.8 Å². The van der Waals surface area contributed by atoms with E-state index in [1.165, 1.54) is 6.20 Å². The molecule has 0 aromatic heterocycles. The summed E-state index contributed by atoms with van der Waals surface area (Å²) in [4.78, 5) is 13.8. The van der Waals surface area contributed by atoms with Crippen LogP contribution in [0.3, 0.4) is 0 Å². The molecule has 0 bridgehead atoms. The average Bonchev–Trinajstić information content (AvgIpc) is 2.69. The lowest BCUT2D eigenvalue weighted by Gasteiger charge is -2.33. The van der Waals surface area contributed by atoms with Crippen molar-refractivity contribution in [1.82, 2.24) is 9.62 Å². The van der Waals surface area contributed by atoms with E-state index >= 15 is 0 Å².